The smallest absolute Gasteiger partial charge is 0.120 e. The van der Waals surface area contributed by atoms with E-state index in [0.29, 0.717) is 16.7 Å². The molecule has 100 valence electrons. The Morgan fingerprint density at radius 3 is 2.44 bits per heavy atom. The van der Waals surface area contributed by atoms with E-state index in [9.17, 15) is 0 Å². The minimum atomic E-state index is 0.230. The first-order valence-corrected chi connectivity index (χ1v) is 7.73. The first kappa shape index (κ1) is 14.4. The van der Waals surface area contributed by atoms with E-state index in [-0.39, 0.29) is 5.41 Å². The van der Waals surface area contributed by atoms with E-state index < -0.39 is 0 Å². The van der Waals surface area contributed by atoms with Gasteiger partial charge in [0.2, 0.25) is 0 Å². The van der Waals surface area contributed by atoms with Crippen molar-refractivity contribution in [2.45, 2.75) is 32.1 Å². The van der Waals surface area contributed by atoms with E-state index in [0.717, 1.165) is 11.5 Å². The maximum atomic E-state index is 5.98. The van der Waals surface area contributed by atoms with Crippen LogP contribution >= 0.6 is 35.8 Å². The fourth-order valence-electron chi connectivity index (χ4n) is 2.45. The molecular formula is C14H18Cl2OS. The molecular weight excluding hydrogens is 287 g/mol. The molecule has 1 aliphatic carbocycles. The van der Waals surface area contributed by atoms with E-state index >= 15 is 0 Å². The van der Waals surface area contributed by atoms with Crippen molar-refractivity contribution in [3.63, 3.8) is 0 Å². The summed E-state index contributed by atoms with van der Waals surface area (Å²) in [6.45, 7) is 0.717. The summed E-state index contributed by atoms with van der Waals surface area (Å²) in [6, 6.07) is 5.41. The summed E-state index contributed by atoms with van der Waals surface area (Å²) in [5, 5.41) is 1.10. The number of rotatable bonds is 4. The Morgan fingerprint density at radius 1 is 1.11 bits per heavy atom. The molecule has 18 heavy (non-hydrogen) atoms. The maximum Gasteiger partial charge on any atom is 0.120 e. The lowest BCUT2D eigenvalue weighted by atomic mass is 9.76. The lowest BCUT2D eigenvalue weighted by Crippen LogP contribution is -2.32. The second-order valence-corrected chi connectivity index (χ2v) is 6.21. The van der Waals surface area contributed by atoms with Gasteiger partial charge in [0.25, 0.3) is 0 Å². The van der Waals surface area contributed by atoms with Gasteiger partial charge < -0.3 is 4.74 Å². The molecule has 1 nitrogen and oxygen atoms in total. The van der Waals surface area contributed by atoms with Gasteiger partial charge in [-0.1, -0.05) is 42.5 Å². The lowest BCUT2D eigenvalue weighted by Gasteiger charge is -2.35. The molecule has 0 atom stereocenters. The molecule has 4 heteroatoms. The highest BCUT2D eigenvalue weighted by molar-refractivity contribution is 7.80. The summed E-state index contributed by atoms with van der Waals surface area (Å²) in [6.07, 6.45) is 6.31. The molecule has 1 aromatic rings. The van der Waals surface area contributed by atoms with Crippen molar-refractivity contribution < 1.29 is 4.74 Å². The van der Waals surface area contributed by atoms with Gasteiger partial charge in [0.1, 0.15) is 5.75 Å². The third kappa shape index (κ3) is 3.49. The normalized spacial score (nSPS) is 18.6. The van der Waals surface area contributed by atoms with Crippen LogP contribution in [0.1, 0.15) is 32.1 Å². The molecule has 0 radical (unpaired) electrons. The number of halogens is 2. The van der Waals surface area contributed by atoms with Gasteiger partial charge in [0, 0.05) is 11.5 Å². The monoisotopic (exact) mass is 304 g/mol. The predicted octanol–water partition coefficient (Wildman–Crippen LogP) is 5.25. The molecule has 0 unspecified atom stereocenters. The number of hydrogen-bond acceptors (Lipinski definition) is 2. The maximum absolute atomic E-state index is 5.98. The van der Waals surface area contributed by atoms with Crippen LogP contribution in [0.3, 0.4) is 0 Å². The van der Waals surface area contributed by atoms with Gasteiger partial charge in [-0.3, -0.25) is 0 Å². The standard InChI is InChI=1S/C14H18Cl2OS/c15-12-5-4-11(8-13(12)16)17-9-14(10-18)6-2-1-3-7-14/h4-5,8,18H,1-3,6-7,9-10H2. The summed E-state index contributed by atoms with van der Waals surface area (Å²) in [4.78, 5) is 0. The van der Waals surface area contributed by atoms with Crippen molar-refractivity contribution in [2.75, 3.05) is 12.4 Å². The zero-order chi connectivity index (χ0) is 13.0. The highest BCUT2D eigenvalue weighted by Gasteiger charge is 2.31. The van der Waals surface area contributed by atoms with Crippen LogP contribution in [-0.4, -0.2) is 12.4 Å². The summed E-state index contributed by atoms with van der Waals surface area (Å²) >= 11 is 16.4. The van der Waals surface area contributed by atoms with Crippen LogP contribution in [0.5, 0.6) is 5.75 Å². The molecule has 0 spiro atoms. The fraction of sp³-hybridized carbons (Fsp3) is 0.571. The highest BCUT2D eigenvalue weighted by Crippen LogP contribution is 2.38. The van der Waals surface area contributed by atoms with E-state index in [2.05, 4.69) is 12.6 Å². The molecule has 0 aliphatic heterocycles. The Bertz CT molecular complexity index is 403. The molecule has 1 saturated carbocycles. The number of hydrogen-bond donors (Lipinski definition) is 1. The van der Waals surface area contributed by atoms with Crippen LogP contribution in [0.25, 0.3) is 0 Å². The summed E-state index contributed by atoms with van der Waals surface area (Å²) < 4.78 is 5.88. The minimum Gasteiger partial charge on any atom is -0.493 e. The summed E-state index contributed by atoms with van der Waals surface area (Å²) in [7, 11) is 0. The van der Waals surface area contributed by atoms with Crippen LogP contribution in [-0.2, 0) is 0 Å². The van der Waals surface area contributed by atoms with Gasteiger partial charge in [-0.2, -0.15) is 12.6 Å². The van der Waals surface area contributed by atoms with Gasteiger partial charge in [-0.25, -0.2) is 0 Å². The largest absolute Gasteiger partial charge is 0.493 e. The van der Waals surface area contributed by atoms with E-state index in [1.807, 2.05) is 6.07 Å². The fourth-order valence-corrected chi connectivity index (χ4v) is 3.15. The molecule has 0 aromatic heterocycles. The molecule has 0 N–H and O–H groups in total. The van der Waals surface area contributed by atoms with Gasteiger partial charge in [0.05, 0.1) is 16.7 Å². The average Bonchev–Trinajstić information content (AvgIpc) is 2.41. The van der Waals surface area contributed by atoms with Gasteiger partial charge in [-0.15, -0.1) is 0 Å². The summed E-state index contributed by atoms with van der Waals surface area (Å²) in [5.41, 5.74) is 0.230. The van der Waals surface area contributed by atoms with E-state index in [1.165, 1.54) is 32.1 Å². The quantitative estimate of drug-likeness (QED) is 0.747. The van der Waals surface area contributed by atoms with E-state index in [4.69, 9.17) is 27.9 Å². The topological polar surface area (TPSA) is 9.23 Å². The number of thiol groups is 1. The minimum absolute atomic E-state index is 0.230. The zero-order valence-electron chi connectivity index (χ0n) is 10.3. The van der Waals surface area contributed by atoms with Crippen molar-refractivity contribution in [2.24, 2.45) is 5.41 Å². The average molecular weight is 305 g/mol. The first-order valence-electron chi connectivity index (χ1n) is 6.34. The molecule has 2 rings (SSSR count). The van der Waals surface area contributed by atoms with Crippen molar-refractivity contribution in [3.8, 4) is 5.75 Å². The highest BCUT2D eigenvalue weighted by atomic mass is 35.5. The van der Waals surface area contributed by atoms with Crippen molar-refractivity contribution in [1.82, 2.24) is 0 Å². The molecule has 1 aromatic carbocycles. The first-order chi connectivity index (χ1) is 8.65. The Morgan fingerprint density at radius 2 is 1.83 bits per heavy atom. The third-order valence-electron chi connectivity index (χ3n) is 3.69. The van der Waals surface area contributed by atoms with Crippen molar-refractivity contribution >= 4 is 35.8 Å². The lowest BCUT2D eigenvalue weighted by molar-refractivity contribution is 0.121. The summed E-state index contributed by atoms with van der Waals surface area (Å²) in [5.74, 6) is 1.67. The van der Waals surface area contributed by atoms with Gasteiger partial charge in [-0.05, 0) is 30.7 Å². The predicted molar refractivity (Wildman–Crippen MR) is 81.3 cm³/mol. The molecule has 1 aliphatic rings. The molecule has 0 bridgehead atoms. The number of benzene rings is 1. The molecule has 1 fully saturated rings. The van der Waals surface area contributed by atoms with Gasteiger partial charge >= 0.3 is 0 Å². The second-order valence-electron chi connectivity index (χ2n) is 5.08. The Hall–Kier alpha value is -0.0500. The SMILES string of the molecule is SCC1(COc2ccc(Cl)c(Cl)c2)CCCCC1. The van der Waals surface area contributed by atoms with Crippen LogP contribution in [0, 0.1) is 5.41 Å². The van der Waals surface area contributed by atoms with Crippen LogP contribution in [0.4, 0.5) is 0 Å². The van der Waals surface area contributed by atoms with Crippen LogP contribution in [0.2, 0.25) is 10.0 Å². The van der Waals surface area contributed by atoms with Crippen molar-refractivity contribution in [3.05, 3.63) is 28.2 Å². The molecule has 0 saturated heterocycles. The molecule has 0 heterocycles. The Kier molecular flexibility index (Phi) is 5.11. The number of ether oxygens (including phenoxy) is 1. The van der Waals surface area contributed by atoms with E-state index in [1.54, 1.807) is 12.1 Å². The second kappa shape index (κ2) is 6.40. The molecule has 0 amide bonds. The Balaban J connectivity index is 1.98. The van der Waals surface area contributed by atoms with Crippen molar-refractivity contribution in [1.29, 1.82) is 0 Å². The van der Waals surface area contributed by atoms with Crippen LogP contribution < -0.4 is 4.74 Å². The Labute approximate surface area is 124 Å². The zero-order valence-corrected chi connectivity index (χ0v) is 12.7. The van der Waals surface area contributed by atoms with Crippen LogP contribution in [0.15, 0.2) is 18.2 Å². The third-order valence-corrected chi connectivity index (χ3v) is 5.10. The van der Waals surface area contributed by atoms with Gasteiger partial charge in [0.15, 0.2) is 0 Å².